The number of nitrogens with one attached hydrogen (secondary N) is 2. The molecule has 7 heteroatoms. The third-order valence-corrected chi connectivity index (χ3v) is 2.83. The zero-order chi connectivity index (χ0) is 13.8. The van der Waals surface area contributed by atoms with Crippen LogP contribution in [0.4, 0.5) is 0 Å². The van der Waals surface area contributed by atoms with Crippen molar-refractivity contribution in [3.63, 3.8) is 0 Å². The standard InChI is InChI=1S/C11H18N2O5/c1-11(10(17)18,6-8(15)12-4-5-14)9(16)13-7-2-3-7/h7,14H,2-6H2,1H3,(H,12,15)(H,13,16)(H,17,18). The molecular weight excluding hydrogens is 240 g/mol. The van der Waals surface area contributed by atoms with Crippen molar-refractivity contribution in [3.8, 4) is 0 Å². The average molecular weight is 258 g/mol. The molecule has 0 saturated heterocycles. The van der Waals surface area contributed by atoms with E-state index in [1.54, 1.807) is 0 Å². The van der Waals surface area contributed by atoms with Gasteiger partial charge in [-0.3, -0.25) is 14.4 Å². The van der Waals surface area contributed by atoms with Crippen LogP contribution in [0.3, 0.4) is 0 Å². The lowest BCUT2D eigenvalue weighted by atomic mass is 9.85. The Morgan fingerprint density at radius 1 is 1.33 bits per heavy atom. The van der Waals surface area contributed by atoms with Crippen molar-refractivity contribution in [1.82, 2.24) is 10.6 Å². The van der Waals surface area contributed by atoms with Crippen molar-refractivity contribution in [2.45, 2.75) is 32.2 Å². The first-order chi connectivity index (χ1) is 8.40. The molecule has 0 aromatic heterocycles. The van der Waals surface area contributed by atoms with Gasteiger partial charge >= 0.3 is 5.97 Å². The number of carbonyl (C=O) groups excluding carboxylic acids is 2. The number of hydrogen-bond acceptors (Lipinski definition) is 4. The minimum Gasteiger partial charge on any atom is -0.480 e. The number of aliphatic carboxylic acids is 1. The summed E-state index contributed by atoms with van der Waals surface area (Å²) in [6, 6.07) is 0.0386. The number of aliphatic hydroxyl groups excluding tert-OH is 1. The highest BCUT2D eigenvalue weighted by atomic mass is 16.4. The van der Waals surface area contributed by atoms with E-state index in [0.29, 0.717) is 0 Å². The summed E-state index contributed by atoms with van der Waals surface area (Å²) in [5, 5.41) is 22.6. The van der Waals surface area contributed by atoms with Crippen molar-refractivity contribution in [2.24, 2.45) is 5.41 Å². The molecule has 1 fully saturated rings. The van der Waals surface area contributed by atoms with Gasteiger partial charge in [0.2, 0.25) is 11.8 Å². The smallest absolute Gasteiger partial charge is 0.319 e. The second kappa shape index (κ2) is 5.81. The summed E-state index contributed by atoms with van der Waals surface area (Å²) in [5.74, 6) is -2.55. The normalized spacial score (nSPS) is 17.7. The number of carboxylic acid groups (broad SMARTS) is 1. The van der Waals surface area contributed by atoms with Crippen LogP contribution in [0.15, 0.2) is 0 Å². The van der Waals surface area contributed by atoms with E-state index in [2.05, 4.69) is 10.6 Å². The van der Waals surface area contributed by atoms with Crippen LogP contribution in [0.5, 0.6) is 0 Å². The van der Waals surface area contributed by atoms with Crippen molar-refractivity contribution in [2.75, 3.05) is 13.2 Å². The van der Waals surface area contributed by atoms with Gasteiger partial charge in [-0.1, -0.05) is 0 Å². The van der Waals surface area contributed by atoms with Crippen LogP contribution in [0.25, 0.3) is 0 Å². The molecule has 2 amide bonds. The minimum absolute atomic E-state index is 0.0386. The molecule has 0 bridgehead atoms. The van der Waals surface area contributed by atoms with E-state index < -0.39 is 29.6 Å². The molecule has 0 aromatic carbocycles. The third-order valence-electron chi connectivity index (χ3n) is 2.83. The fraction of sp³-hybridized carbons (Fsp3) is 0.727. The topological polar surface area (TPSA) is 116 Å². The van der Waals surface area contributed by atoms with Crippen LogP contribution in [0, 0.1) is 5.41 Å². The highest BCUT2D eigenvalue weighted by Crippen LogP contribution is 2.26. The van der Waals surface area contributed by atoms with Gasteiger partial charge in [0.1, 0.15) is 0 Å². The molecule has 18 heavy (non-hydrogen) atoms. The monoisotopic (exact) mass is 258 g/mol. The molecule has 1 saturated carbocycles. The fourth-order valence-corrected chi connectivity index (χ4v) is 1.40. The van der Waals surface area contributed by atoms with Crippen molar-refractivity contribution in [3.05, 3.63) is 0 Å². The highest BCUT2D eigenvalue weighted by Gasteiger charge is 2.44. The van der Waals surface area contributed by atoms with E-state index >= 15 is 0 Å². The van der Waals surface area contributed by atoms with Crippen LogP contribution < -0.4 is 10.6 Å². The number of hydrogen-bond donors (Lipinski definition) is 4. The lowest BCUT2D eigenvalue weighted by Crippen LogP contribution is -2.48. The lowest BCUT2D eigenvalue weighted by Gasteiger charge is -2.23. The molecule has 0 aliphatic heterocycles. The molecule has 1 atom stereocenters. The van der Waals surface area contributed by atoms with E-state index in [1.807, 2.05) is 0 Å². The van der Waals surface area contributed by atoms with Crippen LogP contribution >= 0.6 is 0 Å². The first-order valence-corrected chi connectivity index (χ1v) is 5.82. The first kappa shape index (κ1) is 14.4. The molecule has 102 valence electrons. The van der Waals surface area contributed by atoms with Gasteiger partial charge in [0.15, 0.2) is 5.41 Å². The van der Waals surface area contributed by atoms with Gasteiger partial charge in [-0.25, -0.2) is 0 Å². The first-order valence-electron chi connectivity index (χ1n) is 5.82. The fourth-order valence-electron chi connectivity index (χ4n) is 1.40. The Morgan fingerprint density at radius 2 is 1.94 bits per heavy atom. The summed E-state index contributed by atoms with van der Waals surface area (Å²) in [5.41, 5.74) is -1.78. The molecule has 0 radical (unpaired) electrons. The molecule has 0 spiro atoms. The predicted molar refractivity (Wildman–Crippen MR) is 61.6 cm³/mol. The van der Waals surface area contributed by atoms with Crippen molar-refractivity contribution >= 4 is 17.8 Å². The third kappa shape index (κ3) is 3.69. The van der Waals surface area contributed by atoms with E-state index in [9.17, 15) is 14.4 Å². The van der Waals surface area contributed by atoms with Gasteiger partial charge in [0, 0.05) is 12.6 Å². The van der Waals surface area contributed by atoms with E-state index in [-0.39, 0.29) is 19.2 Å². The summed E-state index contributed by atoms with van der Waals surface area (Å²) in [7, 11) is 0. The lowest BCUT2D eigenvalue weighted by molar-refractivity contribution is -0.157. The van der Waals surface area contributed by atoms with Gasteiger partial charge in [0.05, 0.1) is 13.0 Å². The highest BCUT2D eigenvalue weighted by molar-refractivity contribution is 6.04. The Labute approximate surface area is 105 Å². The number of rotatable bonds is 7. The zero-order valence-electron chi connectivity index (χ0n) is 10.2. The Hall–Kier alpha value is -1.63. The van der Waals surface area contributed by atoms with E-state index in [0.717, 1.165) is 12.8 Å². The van der Waals surface area contributed by atoms with Crippen LogP contribution in [0.2, 0.25) is 0 Å². The second-order valence-corrected chi connectivity index (χ2v) is 4.64. The second-order valence-electron chi connectivity index (χ2n) is 4.64. The molecule has 0 aromatic rings. The summed E-state index contributed by atoms with van der Waals surface area (Å²) >= 11 is 0. The van der Waals surface area contributed by atoms with Gasteiger partial charge in [-0.15, -0.1) is 0 Å². The van der Waals surface area contributed by atoms with Gasteiger partial charge in [0.25, 0.3) is 0 Å². The maximum atomic E-state index is 11.8. The molecule has 7 nitrogen and oxygen atoms in total. The predicted octanol–water partition coefficient (Wildman–Crippen LogP) is -1.15. The Morgan fingerprint density at radius 3 is 2.39 bits per heavy atom. The van der Waals surface area contributed by atoms with Crippen LogP contribution in [0.1, 0.15) is 26.2 Å². The Kier molecular flexibility index (Phi) is 4.66. The summed E-state index contributed by atoms with van der Waals surface area (Å²) in [4.78, 5) is 34.5. The molecule has 1 aliphatic rings. The SMILES string of the molecule is CC(CC(=O)NCCO)(C(=O)O)C(=O)NC1CC1. The van der Waals surface area contributed by atoms with Crippen molar-refractivity contribution in [1.29, 1.82) is 0 Å². The van der Waals surface area contributed by atoms with Gasteiger partial charge in [-0.05, 0) is 19.8 Å². The van der Waals surface area contributed by atoms with E-state index in [4.69, 9.17) is 10.2 Å². The van der Waals surface area contributed by atoms with Gasteiger partial charge in [-0.2, -0.15) is 0 Å². The summed E-state index contributed by atoms with van der Waals surface area (Å²) in [6.07, 6.45) is 1.25. The number of aliphatic hydroxyl groups is 1. The summed E-state index contributed by atoms with van der Waals surface area (Å²) < 4.78 is 0. The number of carbonyl (C=O) groups is 3. The Bertz CT molecular complexity index is 353. The number of amides is 2. The molecular formula is C11H18N2O5. The molecule has 1 rings (SSSR count). The van der Waals surface area contributed by atoms with Crippen LogP contribution in [-0.4, -0.2) is 47.2 Å². The summed E-state index contributed by atoms with van der Waals surface area (Å²) in [6.45, 7) is 1.04. The minimum atomic E-state index is -1.78. The Balaban J connectivity index is 2.63. The maximum Gasteiger partial charge on any atom is 0.319 e. The molecule has 0 heterocycles. The molecule has 1 aliphatic carbocycles. The quantitative estimate of drug-likeness (QED) is 0.430. The van der Waals surface area contributed by atoms with Gasteiger partial charge < -0.3 is 20.8 Å². The average Bonchev–Trinajstić information content (AvgIpc) is 3.09. The largest absolute Gasteiger partial charge is 0.480 e. The van der Waals surface area contributed by atoms with Crippen LogP contribution in [-0.2, 0) is 14.4 Å². The maximum absolute atomic E-state index is 11.8. The molecule has 1 unspecified atom stereocenters. The zero-order valence-corrected chi connectivity index (χ0v) is 10.2. The van der Waals surface area contributed by atoms with E-state index in [1.165, 1.54) is 6.92 Å². The molecule has 4 N–H and O–H groups in total. The number of carboxylic acids is 1. The van der Waals surface area contributed by atoms with Crippen molar-refractivity contribution < 1.29 is 24.6 Å².